The first-order chi connectivity index (χ1) is 7.95. The highest BCUT2D eigenvalue weighted by Crippen LogP contribution is 2.06. The van der Waals surface area contributed by atoms with Gasteiger partial charge in [-0.1, -0.05) is 13.3 Å². The second-order valence-corrected chi connectivity index (χ2v) is 5.71. The average molecular weight is 267 g/mol. The number of carbonyl (C=O) groups is 1. The van der Waals surface area contributed by atoms with Crippen LogP contribution in [0.25, 0.3) is 0 Å². The van der Waals surface area contributed by atoms with Crippen molar-refractivity contribution in [1.29, 1.82) is 0 Å². The molecule has 0 aromatic heterocycles. The Hall–Kier alpha value is -0.660. The number of sulfonamides is 1. The van der Waals surface area contributed by atoms with E-state index in [-0.39, 0.29) is 24.7 Å². The molecule has 0 saturated carbocycles. The van der Waals surface area contributed by atoms with E-state index in [0.717, 1.165) is 6.42 Å². The van der Waals surface area contributed by atoms with Gasteiger partial charge >= 0.3 is 5.97 Å². The van der Waals surface area contributed by atoms with Crippen molar-refractivity contribution in [3.8, 4) is 0 Å². The molecule has 0 aromatic carbocycles. The Labute approximate surface area is 102 Å². The number of carbonyl (C=O) groups excluding carboxylic acids is 1. The summed E-state index contributed by atoms with van der Waals surface area (Å²) in [6.07, 6.45) is 1.21. The van der Waals surface area contributed by atoms with E-state index in [9.17, 15) is 13.2 Å². The summed E-state index contributed by atoms with van der Waals surface area (Å²) in [5.74, 6) is -0.694. The zero-order valence-corrected chi connectivity index (χ0v) is 11.1. The number of ether oxygens (including phenoxy) is 1. The molecular weight excluding hydrogens is 246 g/mol. The molecule has 0 amide bonds. The maximum absolute atomic E-state index is 11.5. The summed E-state index contributed by atoms with van der Waals surface area (Å²) in [6.45, 7) is 2.27. The Morgan fingerprint density at radius 1 is 1.47 bits per heavy atom. The zero-order chi connectivity index (χ0) is 13.3. The summed E-state index contributed by atoms with van der Waals surface area (Å²) in [6, 6.07) is 0. The van der Waals surface area contributed by atoms with Gasteiger partial charge in [-0.3, -0.25) is 4.79 Å². The van der Waals surface area contributed by atoms with Gasteiger partial charge in [-0.25, -0.2) is 13.1 Å². The summed E-state index contributed by atoms with van der Waals surface area (Å²) in [4.78, 5) is 10.8. The van der Waals surface area contributed by atoms with E-state index in [1.807, 2.05) is 6.92 Å². The summed E-state index contributed by atoms with van der Waals surface area (Å²) >= 11 is 0. The Bertz CT molecular complexity index is 315. The van der Waals surface area contributed by atoms with E-state index in [0.29, 0.717) is 13.0 Å². The van der Waals surface area contributed by atoms with Crippen molar-refractivity contribution in [1.82, 2.24) is 4.72 Å². The van der Waals surface area contributed by atoms with Gasteiger partial charge in [0.2, 0.25) is 10.0 Å². The maximum Gasteiger partial charge on any atom is 0.306 e. The fourth-order valence-electron chi connectivity index (χ4n) is 1.27. The predicted molar refractivity (Wildman–Crippen MR) is 63.9 cm³/mol. The molecule has 0 bridgehead atoms. The van der Waals surface area contributed by atoms with Gasteiger partial charge in [0.25, 0.3) is 0 Å². The van der Waals surface area contributed by atoms with Crippen molar-refractivity contribution in [3.63, 3.8) is 0 Å². The summed E-state index contributed by atoms with van der Waals surface area (Å²) in [5, 5.41) is 8.77. The minimum absolute atomic E-state index is 0.0440. The fourth-order valence-corrected chi connectivity index (χ4v) is 2.34. The van der Waals surface area contributed by atoms with E-state index < -0.39 is 16.0 Å². The quantitative estimate of drug-likeness (QED) is 0.568. The zero-order valence-electron chi connectivity index (χ0n) is 10.3. The molecular formula is C10H21NO5S. The van der Waals surface area contributed by atoms with Crippen LogP contribution in [0.3, 0.4) is 0 Å². The summed E-state index contributed by atoms with van der Waals surface area (Å²) < 4.78 is 29.8. The molecule has 0 radical (unpaired) electrons. The first-order valence-electron chi connectivity index (χ1n) is 5.60. The van der Waals surface area contributed by atoms with Crippen LogP contribution in [0.15, 0.2) is 0 Å². The lowest BCUT2D eigenvalue weighted by Gasteiger charge is -2.14. The minimum atomic E-state index is -3.44. The van der Waals surface area contributed by atoms with Crippen molar-refractivity contribution < 1.29 is 23.1 Å². The molecule has 6 nitrogen and oxygen atoms in total. The first-order valence-corrected chi connectivity index (χ1v) is 7.25. The van der Waals surface area contributed by atoms with E-state index >= 15 is 0 Å². The number of hydrogen-bond donors (Lipinski definition) is 2. The van der Waals surface area contributed by atoms with Gasteiger partial charge in [-0.15, -0.1) is 0 Å². The third-order valence-corrected chi connectivity index (χ3v) is 3.86. The van der Waals surface area contributed by atoms with Crippen molar-refractivity contribution in [2.24, 2.45) is 5.92 Å². The average Bonchev–Trinajstić information content (AvgIpc) is 2.31. The molecule has 0 fully saturated rings. The van der Waals surface area contributed by atoms with Gasteiger partial charge in [0, 0.05) is 13.2 Å². The number of rotatable bonds is 9. The van der Waals surface area contributed by atoms with Crippen molar-refractivity contribution in [2.45, 2.75) is 26.2 Å². The van der Waals surface area contributed by atoms with Crippen LogP contribution < -0.4 is 4.72 Å². The summed E-state index contributed by atoms with van der Waals surface area (Å²) in [5.41, 5.74) is 0. The monoisotopic (exact) mass is 267 g/mol. The molecule has 17 heavy (non-hydrogen) atoms. The number of aliphatic hydroxyl groups is 1. The van der Waals surface area contributed by atoms with Gasteiger partial charge in [0.1, 0.15) is 0 Å². The third kappa shape index (κ3) is 8.12. The van der Waals surface area contributed by atoms with Crippen molar-refractivity contribution >= 4 is 16.0 Å². The number of esters is 1. The molecule has 0 aliphatic rings. The number of nitrogens with one attached hydrogen (secondary N) is 1. The Balaban J connectivity index is 4.04. The van der Waals surface area contributed by atoms with Gasteiger partial charge in [-0.2, -0.15) is 0 Å². The molecule has 7 heteroatoms. The van der Waals surface area contributed by atoms with Crippen LogP contribution in [-0.2, 0) is 19.6 Å². The van der Waals surface area contributed by atoms with E-state index in [4.69, 9.17) is 5.11 Å². The molecule has 0 spiro atoms. The lowest BCUT2D eigenvalue weighted by atomic mass is 10.0. The molecule has 0 saturated heterocycles. The highest BCUT2D eigenvalue weighted by molar-refractivity contribution is 7.89. The van der Waals surface area contributed by atoms with Crippen LogP contribution in [-0.4, -0.2) is 45.5 Å². The van der Waals surface area contributed by atoms with Crippen LogP contribution in [0, 0.1) is 5.92 Å². The van der Waals surface area contributed by atoms with E-state index in [1.165, 1.54) is 7.11 Å². The lowest BCUT2D eigenvalue weighted by Crippen LogP contribution is -2.32. The van der Waals surface area contributed by atoms with Gasteiger partial charge < -0.3 is 9.84 Å². The summed E-state index contributed by atoms with van der Waals surface area (Å²) in [7, 11) is -2.22. The molecule has 2 N–H and O–H groups in total. The number of methoxy groups -OCH3 is 1. The molecule has 1 atom stereocenters. The van der Waals surface area contributed by atoms with Gasteiger partial charge in [0.15, 0.2) is 0 Å². The molecule has 0 aliphatic heterocycles. The van der Waals surface area contributed by atoms with Gasteiger partial charge in [-0.05, 0) is 12.3 Å². The SMILES string of the molecule is CCC(CCO)CNS(=O)(=O)CCC(=O)OC. The smallest absolute Gasteiger partial charge is 0.306 e. The highest BCUT2D eigenvalue weighted by Gasteiger charge is 2.15. The normalized spacial score (nSPS) is 13.4. The minimum Gasteiger partial charge on any atom is -0.469 e. The van der Waals surface area contributed by atoms with Gasteiger partial charge in [0.05, 0.1) is 19.3 Å². The van der Waals surface area contributed by atoms with Crippen molar-refractivity contribution in [3.05, 3.63) is 0 Å². The lowest BCUT2D eigenvalue weighted by molar-refractivity contribution is -0.140. The van der Waals surface area contributed by atoms with Crippen LogP contribution in [0.5, 0.6) is 0 Å². The number of hydrogen-bond acceptors (Lipinski definition) is 5. The topological polar surface area (TPSA) is 92.7 Å². The molecule has 0 rings (SSSR count). The van der Waals surface area contributed by atoms with Crippen LogP contribution in [0.1, 0.15) is 26.2 Å². The second kappa shape index (κ2) is 8.43. The highest BCUT2D eigenvalue weighted by atomic mass is 32.2. The first kappa shape index (κ1) is 16.3. The third-order valence-electron chi connectivity index (χ3n) is 2.51. The molecule has 1 unspecified atom stereocenters. The molecule has 0 aliphatic carbocycles. The van der Waals surface area contributed by atoms with Crippen LogP contribution in [0.2, 0.25) is 0 Å². The van der Waals surface area contributed by atoms with E-state index in [1.54, 1.807) is 0 Å². The Kier molecular flexibility index (Phi) is 8.11. The second-order valence-electron chi connectivity index (χ2n) is 3.78. The number of aliphatic hydroxyl groups excluding tert-OH is 1. The predicted octanol–water partition coefficient (Wildman–Crippen LogP) is -0.122. The Morgan fingerprint density at radius 3 is 2.59 bits per heavy atom. The molecule has 0 aromatic rings. The molecule has 102 valence electrons. The molecule has 0 heterocycles. The largest absolute Gasteiger partial charge is 0.469 e. The van der Waals surface area contributed by atoms with E-state index in [2.05, 4.69) is 9.46 Å². The standard InChI is InChI=1S/C10H21NO5S/c1-3-9(4-6-12)8-11-17(14,15)7-5-10(13)16-2/h9,11-12H,3-8H2,1-2H3. The Morgan fingerprint density at radius 2 is 2.12 bits per heavy atom. The van der Waals surface area contributed by atoms with Crippen LogP contribution in [0.4, 0.5) is 0 Å². The van der Waals surface area contributed by atoms with Crippen molar-refractivity contribution in [2.75, 3.05) is 26.0 Å². The van der Waals surface area contributed by atoms with Crippen LogP contribution >= 0.6 is 0 Å². The fraction of sp³-hybridized carbons (Fsp3) is 0.900. The maximum atomic E-state index is 11.5.